The van der Waals surface area contributed by atoms with Crippen LogP contribution in [0.25, 0.3) is 11.1 Å². The van der Waals surface area contributed by atoms with E-state index in [0.29, 0.717) is 0 Å². The van der Waals surface area contributed by atoms with Crippen molar-refractivity contribution in [2.45, 2.75) is 18.7 Å². The lowest BCUT2D eigenvalue weighted by atomic mass is 10.0. The molecule has 2 N–H and O–H groups in total. The fourth-order valence-corrected chi connectivity index (χ4v) is 3.86. The largest absolute Gasteiger partial charge is 0.478 e. The zero-order chi connectivity index (χ0) is 19.6. The molecule has 27 heavy (non-hydrogen) atoms. The van der Waals surface area contributed by atoms with E-state index in [1.807, 2.05) is 31.2 Å². The lowest BCUT2D eigenvalue weighted by Gasteiger charge is -2.12. The van der Waals surface area contributed by atoms with Crippen molar-refractivity contribution < 1.29 is 18.3 Å². The molecular weight excluding hydrogens is 362 g/mol. The number of rotatable bonds is 5. The Hall–Kier alpha value is -3.12. The Kier molecular flexibility index (Phi) is 5.01. The third kappa shape index (κ3) is 4.17. The van der Waals surface area contributed by atoms with Gasteiger partial charge in [0.2, 0.25) is 0 Å². The molecule has 0 amide bonds. The van der Waals surface area contributed by atoms with E-state index < -0.39 is 16.0 Å². The normalized spacial score (nSPS) is 11.2. The van der Waals surface area contributed by atoms with Crippen LogP contribution in [0.3, 0.4) is 0 Å². The summed E-state index contributed by atoms with van der Waals surface area (Å²) in [5.74, 6) is -1.19. The minimum absolute atomic E-state index is 0.0378. The molecule has 0 radical (unpaired) electrons. The van der Waals surface area contributed by atoms with E-state index in [4.69, 9.17) is 0 Å². The average Bonchev–Trinajstić information content (AvgIpc) is 2.63. The van der Waals surface area contributed by atoms with Gasteiger partial charge in [0, 0.05) is 0 Å². The number of carbonyl (C=O) groups is 1. The van der Waals surface area contributed by atoms with E-state index in [2.05, 4.69) is 4.72 Å². The Morgan fingerprint density at radius 3 is 2.15 bits per heavy atom. The lowest BCUT2D eigenvalue weighted by Crippen LogP contribution is -2.15. The highest BCUT2D eigenvalue weighted by Crippen LogP contribution is 2.25. The molecule has 138 valence electrons. The van der Waals surface area contributed by atoms with Gasteiger partial charge in [0.1, 0.15) is 0 Å². The highest BCUT2D eigenvalue weighted by molar-refractivity contribution is 7.92. The molecule has 0 bridgehead atoms. The molecule has 0 aliphatic rings. The molecule has 0 aliphatic heterocycles. The predicted octanol–water partition coefficient (Wildman–Crippen LogP) is 4.47. The van der Waals surface area contributed by atoms with Gasteiger partial charge in [-0.05, 0) is 49.2 Å². The van der Waals surface area contributed by atoms with Gasteiger partial charge in [-0.2, -0.15) is 0 Å². The van der Waals surface area contributed by atoms with Crippen LogP contribution in [0.1, 0.15) is 21.5 Å². The van der Waals surface area contributed by atoms with E-state index in [-0.39, 0.29) is 16.1 Å². The molecule has 3 rings (SSSR count). The zero-order valence-electron chi connectivity index (χ0n) is 14.9. The minimum atomic E-state index is -3.90. The summed E-state index contributed by atoms with van der Waals surface area (Å²) in [6.07, 6.45) is 0. The maximum atomic E-state index is 12.7. The van der Waals surface area contributed by atoms with Crippen LogP contribution in [-0.4, -0.2) is 19.5 Å². The SMILES string of the molecule is Cc1cccc(-c2ccc(S(=O)(=O)Nc3ccc(C)cc3C(=O)O)cc2)c1. The molecule has 0 unspecified atom stereocenters. The fourth-order valence-electron chi connectivity index (χ4n) is 2.78. The number of hydrogen-bond donors (Lipinski definition) is 2. The number of carboxylic acid groups (broad SMARTS) is 1. The number of carboxylic acids is 1. The molecule has 0 saturated carbocycles. The molecule has 0 atom stereocenters. The summed E-state index contributed by atoms with van der Waals surface area (Å²) >= 11 is 0. The molecule has 0 aromatic heterocycles. The molecule has 0 fully saturated rings. The molecule has 5 nitrogen and oxygen atoms in total. The minimum Gasteiger partial charge on any atom is -0.478 e. The molecule has 3 aromatic rings. The first-order valence-corrected chi connectivity index (χ1v) is 9.78. The van der Waals surface area contributed by atoms with E-state index in [1.165, 1.54) is 24.3 Å². The van der Waals surface area contributed by atoms with Crippen LogP contribution >= 0.6 is 0 Å². The van der Waals surface area contributed by atoms with E-state index in [1.54, 1.807) is 25.1 Å². The van der Waals surface area contributed by atoms with Crippen molar-refractivity contribution >= 4 is 21.7 Å². The number of aryl methyl sites for hydroxylation is 2. The van der Waals surface area contributed by atoms with Crippen molar-refractivity contribution in [3.05, 3.63) is 83.4 Å². The summed E-state index contributed by atoms with van der Waals surface area (Å²) in [5.41, 5.74) is 3.70. The average molecular weight is 381 g/mol. The Labute approximate surface area is 158 Å². The van der Waals surface area contributed by atoms with Gasteiger partial charge in [-0.25, -0.2) is 13.2 Å². The Morgan fingerprint density at radius 2 is 1.52 bits per heavy atom. The second-order valence-electron chi connectivity index (χ2n) is 6.35. The number of nitrogens with one attached hydrogen (secondary N) is 1. The third-order valence-corrected chi connectivity index (χ3v) is 5.55. The predicted molar refractivity (Wildman–Crippen MR) is 106 cm³/mol. The van der Waals surface area contributed by atoms with Crippen LogP contribution in [0.2, 0.25) is 0 Å². The van der Waals surface area contributed by atoms with Gasteiger partial charge >= 0.3 is 5.97 Å². The van der Waals surface area contributed by atoms with Gasteiger partial charge in [0.05, 0.1) is 16.1 Å². The van der Waals surface area contributed by atoms with Gasteiger partial charge in [-0.15, -0.1) is 0 Å². The van der Waals surface area contributed by atoms with Crippen molar-refractivity contribution in [2.24, 2.45) is 0 Å². The molecule has 0 saturated heterocycles. The van der Waals surface area contributed by atoms with Crippen LogP contribution in [0.4, 0.5) is 5.69 Å². The van der Waals surface area contributed by atoms with Gasteiger partial charge < -0.3 is 5.11 Å². The Balaban J connectivity index is 1.91. The van der Waals surface area contributed by atoms with Crippen LogP contribution in [0.15, 0.2) is 71.6 Å². The molecule has 6 heteroatoms. The fraction of sp³-hybridized carbons (Fsp3) is 0.0952. The zero-order valence-corrected chi connectivity index (χ0v) is 15.7. The molecule has 0 heterocycles. The first-order valence-electron chi connectivity index (χ1n) is 8.30. The second-order valence-corrected chi connectivity index (χ2v) is 8.04. The highest BCUT2D eigenvalue weighted by atomic mass is 32.2. The first kappa shape index (κ1) is 18.7. The summed E-state index contributed by atoms with van der Waals surface area (Å²) in [7, 11) is -3.90. The van der Waals surface area contributed by atoms with Gasteiger partial charge in [-0.3, -0.25) is 4.72 Å². The first-order chi connectivity index (χ1) is 12.8. The van der Waals surface area contributed by atoms with Crippen LogP contribution < -0.4 is 4.72 Å². The molecule has 0 spiro atoms. The van der Waals surface area contributed by atoms with E-state index >= 15 is 0 Å². The van der Waals surface area contributed by atoms with Crippen LogP contribution in [-0.2, 0) is 10.0 Å². The summed E-state index contributed by atoms with van der Waals surface area (Å²) in [6.45, 7) is 3.74. The molecular formula is C21H19NO4S. The summed E-state index contributed by atoms with van der Waals surface area (Å²) < 4.78 is 27.7. The smallest absolute Gasteiger partial charge is 0.337 e. The Morgan fingerprint density at radius 1 is 0.852 bits per heavy atom. The van der Waals surface area contributed by atoms with Crippen molar-refractivity contribution in [2.75, 3.05) is 4.72 Å². The maximum absolute atomic E-state index is 12.7. The van der Waals surface area contributed by atoms with Gasteiger partial charge in [0.15, 0.2) is 0 Å². The number of benzene rings is 3. The Bertz CT molecular complexity index is 1100. The summed E-state index contributed by atoms with van der Waals surface area (Å²) in [4.78, 5) is 11.5. The van der Waals surface area contributed by atoms with E-state index in [9.17, 15) is 18.3 Å². The number of sulfonamides is 1. The summed E-state index contributed by atoms with van der Waals surface area (Å²) in [5, 5.41) is 9.31. The molecule has 0 aliphatic carbocycles. The van der Waals surface area contributed by atoms with E-state index in [0.717, 1.165) is 22.3 Å². The van der Waals surface area contributed by atoms with Crippen molar-refractivity contribution in [3.8, 4) is 11.1 Å². The second kappa shape index (κ2) is 7.25. The van der Waals surface area contributed by atoms with Crippen LogP contribution in [0.5, 0.6) is 0 Å². The monoisotopic (exact) mass is 381 g/mol. The number of hydrogen-bond acceptors (Lipinski definition) is 3. The third-order valence-electron chi connectivity index (χ3n) is 4.17. The summed E-state index contributed by atoms with van der Waals surface area (Å²) in [6, 6.07) is 18.9. The van der Waals surface area contributed by atoms with Crippen molar-refractivity contribution in [1.82, 2.24) is 0 Å². The van der Waals surface area contributed by atoms with Gasteiger partial charge in [0.25, 0.3) is 10.0 Å². The highest BCUT2D eigenvalue weighted by Gasteiger charge is 2.18. The lowest BCUT2D eigenvalue weighted by molar-refractivity contribution is 0.0698. The maximum Gasteiger partial charge on any atom is 0.337 e. The number of aromatic carboxylic acids is 1. The topological polar surface area (TPSA) is 83.5 Å². The van der Waals surface area contributed by atoms with Gasteiger partial charge in [-0.1, -0.05) is 53.6 Å². The standard InChI is InChI=1S/C21H19NO4S/c1-14-4-3-5-17(12-14)16-7-9-18(10-8-16)27(25,26)22-20-11-6-15(2)13-19(20)21(23)24/h3-13,22H,1-2H3,(H,23,24). The quantitative estimate of drug-likeness (QED) is 0.683. The van der Waals surface area contributed by atoms with Crippen molar-refractivity contribution in [1.29, 1.82) is 0 Å². The van der Waals surface area contributed by atoms with Crippen molar-refractivity contribution in [3.63, 3.8) is 0 Å². The molecule has 3 aromatic carbocycles. The number of anilines is 1. The van der Waals surface area contributed by atoms with Crippen LogP contribution in [0, 0.1) is 13.8 Å².